The Bertz CT molecular complexity index is 143. The smallest absolute Gasteiger partial charge is 0.0698 e. The predicted octanol–water partition coefficient (Wildman–Crippen LogP) is 2.20. The molecule has 1 saturated heterocycles. The number of nitrogens with zero attached hydrogens (tertiary/aromatic N) is 1. The average Bonchev–Trinajstić information content (AvgIpc) is 2.61. The first kappa shape index (κ1) is 11.3. The monoisotopic (exact) mass is 203 g/mol. The molecule has 0 aromatic rings. The van der Waals surface area contributed by atoms with E-state index < -0.39 is 0 Å². The van der Waals surface area contributed by atoms with E-state index in [1.807, 2.05) is 18.9 Å². The number of rotatable bonds is 5. The third kappa shape index (κ3) is 3.15. The molecule has 1 fully saturated rings. The maximum absolute atomic E-state index is 5.39. The first-order chi connectivity index (χ1) is 6.29. The lowest BCUT2D eigenvalue weighted by Crippen LogP contribution is -2.38. The van der Waals surface area contributed by atoms with Gasteiger partial charge in [0.25, 0.3) is 0 Å². The van der Waals surface area contributed by atoms with Crippen molar-refractivity contribution < 1.29 is 4.74 Å². The zero-order chi connectivity index (χ0) is 9.68. The van der Waals surface area contributed by atoms with Gasteiger partial charge in [0, 0.05) is 19.0 Å². The van der Waals surface area contributed by atoms with Crippen molar-refractivity contribution in [3.05, 3.63) is 0 Å². The van der Waals surface area contributed by atoms with Crippen LogP contribution in [0.1, 0.15) is 26.7 Å². The van der Waals surface area contributed by atoms with Gasteiger partial charge in [-0.05, 0) is 32.1 Å². The summed E-state index contributed by atoms with van der Waals surface area (Å²) in [7, 11) is 1.81. The summed E-state index contributed by atoms with van der Waals surface area (Å²) in [5, 5.41) is 0. The zero-order valence-electron chi connectivity index (χ0n) is 8.95. The van der Waals surface area contributed by atoms with Crippen LogP contribution in [0, 0.1) is 0 Å². The van der Waals surface area contributed by atoms with E-state index in [-0.39, 0.29) is 0 Å². The van der Waals surface area contributed by atoms with E-state index in [2.05, 4.69) is 18.7 Å². The summed E-state index contributed by atoms with van der Waals surface area (Å²) in [5.74, 6) is 2.39. The lowest BCUT2D eigenvalue weighted by atomic mass is 10.1. The van der Waals surface area contributed by atoms with Crippen molar-refractivity contribution in [1.82, 2.24) is 4.90 Å². The molecule has 0 aliphatic carbocycles. The molecule has 0 aromatic heterocycles. The van der Waals surface area contributed by atoms with E-state index in [1.165, 1.54) is 31.0 Å². The SMILES string of the molecule is CCSCN1CCCC1C(C)OC. The quantitative estimate of drug-likeness (QED) is 0.679. The molecule has 0 bridgehead atoms. The lowest BCUT2D eigenvalue weighted by Gasteiger charge is -2.28. The highest BCUT2D eigenvalue weighted by Crippen LogP contribution is 2.23. The topological polar surface area (TPSA) is 12.5 Å². The molecule has 0 spiro atoms. The molecule has 1 aliphatic rings. The van der Waals surface area contributed by atoms with Gasteiger partial charge in [0.1, 0.15) is 0 Å². The number of hydrogen-bond donors (Lipinski definition) is 0. The fourth-order valence-corrected chi connectivity index (χ4v) is 2.65. The van der Waals surface area contributed by atoms with Gasteiger partial charge in [0.15, 0.2) is 0 Å². The third-order valence-corrected chi connectivity index (χ3v) is 3.71. The van der Waals surface area contributed by atoms with Crippen molar-refractivity contribution in [2.75, 3.05) is 25.3 Å². The Morgan fingerprint density at radius 1 is 1.62 bits per heavy atom. The van der Waals surface area contributed by atoms with Crippen LogP contribution in [-0.2, 0) is 4.74 Å². The van der Waals surface area contributed by atoms with Gasteiger partial charge in [-0.3, -0.25) is 4.90 Å². The van der Waals surface area contributed by atoms with Crippen LogP contribution in [0.4, 0.5) is 0 Å². The van der Waals surface area contributed by atoms with Gasteiger partial charge in [-0.15, -0.1) is 11.8 Å². The molecule has 0 saturated carbocycles. The second kappa shape index (κ2) is 5.89. The van der Waals surface area contributed by atoms with Gasteiger partial charge in [0.2, 0.25) is 0 Å². The maximum atomic E-state index is 5.39. The summed E-state index contributed by atoms with van der Waals surface area (Å²) in [5.41, 5.74) is 0. The first-order valence-electron chi connectivity index (χ1n) is 5.14. The minimum atomic E-state index is 0.389. The van der Waals surface area contributed by atoms with Crippen LogP contribution in [0.15, 0.2) is 0 Å². The highest BCUT2D eigenvalue weighted by molar-refractivity contribution is 7.99. The molecule has 1 rings (SSSR count). The van der Waals surface area contributed by atoms with Gasteiger partial charge in [-0.1, -0.05) is 6.92 Å². The van der Waals surface area contributed by atoms with Crippen LogP contribution in [0.5, 0.6) is 0 Å². The second-order valence-electron chi connectivity index (χ2n) is 3.58. The maximum Gasteiger partial charge on any atom is 0.0698 e. The molecule has 2 atom stereocenters. The van der Waals surface area contributed by atoms with Crippen molar-refractivity contribution >= 4 is 11.8 Å². The third-order valence-electron chi connectivity index (χ3n) is 2.79. The minimum absolute atomic E-state index is 0.389. The molecule has 0 radical (unpaired) electrons. The summed E-state index contributed by atoms with van der Waals surface area (Å²) in [4.78, 5) is 2.56. The Morgan fingerprint density at radius 3 is 3.00 bits per heavy atom. The number of ether oxygens (including phenoxy) is 1. The van der Waals surface area contributed by atoms with E-state index in [4.69, 9.17) is 4.74 Å². The Morgan fingerprint density at radius 2 is 2.38 bits per heavy atom. The summed E-state index contributed by atoms with van der Waals surface area (Å²) in [6, 6.07) is 0.657. The van der Waals surface area contributed by atoms with E-state index in [0.29, 0.717) is 12.1 Å². The van der Waals surface area contributed by atoms with E-state index in [9.17, 15) is 0 Å². The normalized spacial score (nSPS) is 26.5. The Labute approximate surface area is 86.0 Å². The highest BCUT2D eigenvalue weighted by atomic mass is 32.2. The minimum Gasteiger partial charge on any atom is -0.380 e. The van der Waals surface area contributed by atoms with Gasteiger partial charge in [0.05, 0.1) is 6.10 Å². The molecule has 0 N–H and O–H groups in total. The Kier molecular flexibility index (Phi) is 5.14. The van der Waals surface area contributed by atoms with E-state index in [1.54, 1.807) is 0 Å². The van der Waals surface area contributed by atoms with Crippen molar-refractivity contribution in [3.8, 4) is 0 Å². The van der Waals surface area contributed by atoms with Crippen LogP contribution < -0.4 is 0 Å². The Balaban J connectivity index is 2.34. The fourth-order valence-electron chi connectivity index (χ4n) is 1.91. The second-order valence-corrected chi connectivity index (χ2v) is 4.83. The Hall–Kier alpha value is 0.270. The van der Waals surface area contributed by atoms with Gasteiger partial charge < -0.3 is 4.74 Å². The lowest BCUT2D eigenvalue weighted by molar-refractivity contribution is 0.0510. The first-order valence-corrected chi connectivity index (χ1v) is 6.29. The van der Waals surface area contributed by atoms with Crippen LogP contribution in [0.25, 0.3) is 0 Å². The summed E-state index contributed by atoms with van der Waals surface area (Å²) >= 11 is 2.01. The fraction of sp³-hybridized carbons (Fsp3) is 1.00. The van der Waals surface area contributed by atoms with Gasteiger partial charge in [-0.2, -0.15) is 0 Å². The molecule has 0 aromatic carbocycles. The van der Waals surface area contributed by atoms with Crippen molar-refractivity contribution in [1.29, 1.82) is 0 Å². The number of methoxy groups -OCH3 is 1. The molecular weight excluding hydrogens is 182 g/mol. The van der Waals surface area contributed by atoms with Gasteiger partial charge >= 0.3 is 0 Å². The molecule has 2 nitrogen and oxygen atoms in total. The van der Waals surface area contributed by atoms with Crippen molar-refractivity contribution in [3.63, 3.8) is 0 Å². The molecular formula is C10H21NOS. The summed E-state index contributed by atoms with van der Waals surface area (Å²) in [6.07, 6.45) is 3.03. The average molecular weight is 203 g/mol. The van der Waals surface area contributed by atoms with E-state index >= 15 is 0 Å². The molecule has 1 aliphatic heterocycles. The van der Waals surface area contributed by atoms with Crippen LogP contribution in [0.2, 0.25) is 0 Å². The largest absolute Gasteiger partial charge is 0.380 e. The van der Waals surface area contributed by atoms with Crippen molar-refractivity contribution in [2.24, 2.45) is 0 Å². The van der Waals surface area contributed by atoms with Crippen LogP contribution in [0.3, 0.4) is 0 Å². The highest BCUT2D eigenvalue weighted by Gasteiger charge is 2.28. The van der Waals surface area contributed by atoms with Crippen molar-refractivity contribution in [2.45, 2.75) is 38.8 Å². The summed E-state index contributed by atoms with van der Waals surface area (Å²) < 4.78 is 5.39. The molecule has 78 valence electrons. The molecule has 3 heteroatoms. The van der Waals surface area contributed by atoms with Crippen LogP contribution in [-0.4, -0.2) is 42.3 Å². The standard InChI is InChI=1S/C10H21NOS/c1-4-13-8-11-7-5-6-10(11)9(2)12-3/h9-10H,4-8H2,1-3H3. The van der Waals surface area contributed by atoms with Crippen LogP contribution >= 0.6 is 11.8 Å². The number of likely N-dealkylation sites (tertiary alicyclic amines) is 1. The van der Waals surface area contributed by atoms with Gasteiger partial charge in [-0.25, -0.2) is 0 Å². The number of hydrogen-bond acceptors (Lipinski definition) is 3. The predicted molar refractivity (Wildman–Crippen MR) is 59.2 cm³/mol. The molecule has 1 heterocycles. The molecule has 13 heavy (non-hydrogen) atoms. The van der Waals surface area contributed by atoms with E-state index in [0.717, 1.165) is 0 Å². The number of thioether (sulfide) groups is 1. The molecule has 2 unspecified atom stereocenters. The summed E-state index contributed by atoms with van der Waals surface area (Å²) in [6.45, 7) is 5.65. The zero-order valence-corrected chi connectivity index (χ0v) is 9.77. The molecule has 0 amide bonds.